The van der Waals surface area contributed by atoms with Gasteiger partial charge >= 0.3 is 0 Å². The maximum absolute atomic E-state index is 13.5. The fraction of sp³-hybridized carbons (Fsp3) is 0.296. The van der Waals surface area contributed by atoms with E-state index in [0.717, 1.165) is 25.7 Å². The number of halogens is 1. The van der Waals surface area contributed by atoms with Crippen molar-refractivity contribution in [2.45, 2.75) is 44.3 Å². The second-order valence-electron chi connectivity index (χ2n) is 8.61. The summed E-state index contributed by atoms with van der Waals surface area (Å²) in [6.07, 6.45) is 5.28. The summed E-state index contributed by atoms with van der Waals surface area (Å²) in [5, 5.41) is 5.66. The molecule has 0 bridgehead atoms. The molecular formula is C27H28FN3O4. The molecule has 8 heteroatoms. The van der Waals surface area contributed by atoms with Crippen LogP contribution in [-0.4, -0.2) is 35.2 Å². The van der Waals surface area contributed by atoms with Crippen LogP contribution in [0.15, 0.2) is 77.4 Å². The van der Waals surface area contributed by atoms with E-state index in [9.17, 15) is 18.8 Å². The van der Waals surface area contributed by atoms with Gasteiger partial charge in [0, 0.05) is 12.6 Å². The number of carbonyl (C=O) groups excluding carboxylic acids is 3. The Hall–Kier alpha value is -3.94. The fourth-order valence-electron chi connectivity index (χ4n) is 4.32. The highest BCUT2D eigenvalue weighted by molar-refractivity contribution is 5.95. The van der Waals surface area contributed by atoms with Crippen molar-refractivity contribution >= 4 is 17.7 Å². The minimum Gasteiger partial charge on any atom is -0.459 e. The molecular weight excluding hydrogens is 449 g/mol. The average Bonchev–Trinajstić information content (AvgIpc) is 3.59. The van der Waals surface area contributed by atoms with Crippen LogP contribution in [0, 0.1) is 5.82 Å². The van der Waals surface area contributed by atoms with Crippen LogP contribution in [0.1, 0.15) is 53.4 Å². The van der Waals surface area contributed by atoms with Gasteiger partial charge in [0.05, 0.1) is 12.8 Å². The maximum atomic E-state index is 13.5. The highest BCUT2D eigenvalue weighted by Gasteiger charge is 2.33. The van der Waals surface area contributed by atoms with Crippen LogP contribution in [0.3, 0.4) is 0 Å². The van der Waals surface area contributed by atoms with E-state index in [2.05, 4.69) is 10.6 Å². The average molecular weight is 478 g/mol. The lowest BCUT2D eigenvalue weighted by Crippen LogP contribution is -2.48. The fourth-order valence-corrected chi connectivity index (χ4v) is 4.32. The second-order valence-corrected chi connectivity index (χ2v) is 8.61. The first-order valence-electron chi connectivity index (χ1n) is 11.7. The molecule has 1 aromatic heterocycles. The van der Waals surface area contributed by atoms with Gasteiger partial charge in [-0.2, -0.15) is 0 Å². The predicted molar refractivity (Wildman–Crippen MR) is 128 cm³/mol. The summed E-state index contributed by atoms with van der Waals surface area (Å²) in [7, 11) is 0. The summed E-state index contributed by atoms with van der Waals surface area (Å²) in [4.78, 5) is 40.8. The third kappa shape index (κ3) is 6.35. The highest BCUT2D eigenvalue weighted by atomic mass is 19.1. The quantitative estimate of drug-likeness (QED) is 0.488. The van der Waals surface area contributed by atoms with Gasteiger partial charge < -0.3 is 20.0 Å². The molecule has 1 saturated carbocycles. The third-order valence-corrected chi connectivity index (χ3v) is 6.11. The van der Waals surface area contributed by atoms with Gasteiger partial charge in [-0.25, -0.2) is 4.39 Å². The number of amides is 3. The van der Waals surface area contributed by atoms with Crippen LogP contribution in [0.4, 0.5) is 4.39 Å². The lowest BCUT2D eigenvalue weighted by atomic mass is 10.0. The molecule has 0 saturated heterocycles. The normalized spacial score (nSPS) is 14.3. The maximum Gasteiger partial charge on any atom is 0.287 e. The zero-order valence-electron chi connectivity index (χ0n) is 19.3. The van der Waals surface area contributed by atoms with Crippen molar-refractivity contribution in [3.63, 3.8) is 0 Å². The molecule has 1 heterocycles. The molecule has 1 aliphatic rings. The van der Waals surface area contributed by atoms with E-state index in [0.29, 0.717) is 11.1 Å². The topological polar surface area (TPSA) is 91.7 Å². The minimum atomic E-state index is -0.921. The molecule has 1 fully saturated rings. The molecule has 4 rings (SSSR count). The SMILES string of the molecule is O=C(NCC(=O)N(Cc1ccc(F)cc1)C(C(=O)NC1CCCC1)c1ccccc1)c1ccco1. The molecule has 3 amide bonds. The number of benzene rings is 2. The number of hydrogen-bond donors (Lipinski definition) is 2. The Morgan fingerprint density at radius 1 is 0.971 bits per heavy atom. The van der Waals surface area contributed by atoms with Crippen molar-refractivity contribution in [1.29, 1.82) is 0 Å². The van der Waals surface area contributed by atoms with Crippen LogP contribution in [-0.2, 0) is 16.1 Å². The van der Waals surface area contributed by atoms with Gasteiger partial charge in [-0.1, -0.05) is 55.3 Å². The molecule has 7 nitrogen and oxygen atoms in total. The molecule has 0 spiro atoms. The van der Waals surface area contributed by atoms with Crippen molar-refractivity contribution < 1.29 is 23.2 Å². The zero-order chi connectivity index (χ0) is 24.6. The Labute approximate surface area is 203 Å². The van der Waals surface area contributed by atoms with Crippen molar-refractivity contribution in [1.82, 2.24) is 15.5 Å². The third-order valence-electron chi connectivity index (χ3n) is 6.11. The van der Waals surface area contributed by atoms with Crippen LogP contribution in [0.5, 0.6) is 0 Å². The zero-order valence-corrected chi connectivity index (χ0v) is 19.3. The molecule has 0 radical (unpaired) electrons. The van der Waals surface area contributed by atoms with Crippen molar-refractivity contribution in [2.75, 3.05) is 6.54 Å². The number of furan rings is 1. The van der Waals surface area contributed by atoms with Gasteiger partial charge in [0.1, 0.15) is 11.9 Å². The first-order chi connectivity index (χ1) is 17.0. The van der Waals surface area contributed by atoms with Gasteiger partial charge in [0.15, 0.2) is 5.76 Å². The number of carbonyl (C=O) groups is 3. The minimum absolute atomic E-state index is 0.0629. The summed E-state index contributed by atoms with van der Waals surface area (Å²) in [5.41, 5.74) is 1.31. The van der Waals surface area contributed by atoms with Gasteiger partial charge in [-0.05, 0) is 48.2 Å². The summed E-state index contributed by atoms with van der Waals surface area (Å²) in [5.74, 6) is -1.57. The van der Waals surface area contributed by atoms with Gasteiger partial charge in [-0.15, -0.1) is 0 Å². The van der Waals surface area contributed by atoms with Crippen molar-refractivity contribution in [3.8, 4) is 0 Å². The molecule has 3 aromatic rings. The highest BCUT2D eigenvalue weighted by Crippen LogP contribution is 2.26. The van der Waals surface area contributed by atoms with E-state index in [1.54, 1.807) is 30.3 Å². The molecule has 0 aliphatic heterocycles. The molecule has 2 aromatic carbocycles. The van der Waals surface area contributed by atoms with Crippen LogP contribution in [0.25, 0.3) is 0 Å². The van der Waals surface area contributed by atoms with Crippen LogP contribution >= 0.6 is 0 Å². The summed E-state index contributed by atoms with van der Waals surface area (Å²) in [6, 6.07) is 17.1. The smallest absolute Gasteiger partial charge is 0.287 e. The molecule has 182 valence electrons. The predicted octanol–water partition coefficient (Wildman–Crippen LogP) is 3.98. The lowest BCUT2D eigenvalue weighted by molar-refractivity contribution is -0.141. The van der Waals surface area contributed by atoms with E-state index in [4.69, 9.17) is 4.42 Å². The lowest BCUT2D eigenvalue weighted by Gasteiger charge is -2.32. The first kappa shape index (κ1) is 24.2. The first-order valence-corrected chi connectivity index (χ1v) is 11.7. The van der Waals surface area contributed by atoms with Crippen LogP contribution < -0.4 is 10.6 Å². The van der Waals surface area contributed by atoms with E-state index >= 15 is 0 Å². The molecule has 35 heavy (non-hydrogen) atoms. The van der Waals surface area contributed by atoms with Gasteiger partial charge in [0.25, 0.3) is 5.91 Å². The Bertz CT molecular complexity index is 1130. The van der Waals surface area contributed by atoms with E-state index in [1.165, 1.54) is 29.4 Å². The summed E-state index contributed by atoms with van der Waals surface area (Å²) >= 11 is 0. The summed E-state index contributed by atoms with van der Waals surface area (Å²) in [6.45, 7) is -0.270. The molecule has 1 atom stereocenters. The molecule has 2 N–H and O–H groups in total. The summed E-state index contributed by atoms with van der Waals surface area (Å²) < 4.78 is 18.6. The van der Waals surface area contributed by atoms with Gasteiger partial charge in [0.2, 0.25) is 11.8 Å². The number of rotatable bonds is 9. The monoisotopic (exact) mass is 477 g/mol. The second kappa shape index (κ2) is 11.5. The Morgan fingerprint density at radius 3 is 2.34 bits per heavy atom. The Kier molecular flexibility index (Phi) is 7.92. The Balaban J connectivity index is 1.61. The van der Waals surface area contributed by atoms with E-state index in [1.807, 2.05) is 18.2 Å². The number of nitrogens with one attached hydrogen (secondary N) is 2. The number of nitrogens with zero attached hydrogens (tertiary/aromatic N) is 1. The van der Waals surface area contributed by atoms with Gasteiger partial charge in [-0.3, -0.25) is 14.4 Å². The van der Waals surface area contributed by atoms with Crippen LogP contribution in [0.2, 0.25) is 0 Å². The van der Waals surface area contributed by atoms with E-state index < -0.39 is 23.7 Å². The Morgan fingerprint density at radius 2 is 1.69 bits per heavy atom. The standard InChI is InChI=1S/C27H28FN3O4/c28-21-14-12-19(13-15-21)18-31(24(32)17-29-26(33)23-11-6-16-35-23)25(20-7-2-1-3-8-20)27(34)30-22-9-4-5-10-22/h1-3,6-8,11-16,22,25H,4-5,9-10,17-18H2,(H,29,33)(H,30,34). The molecule has 1 aliphatic carbocycles. The largest absolute Gasteiger partial charge is 0.459 e. The van der Waals surface area contributed by atoms with E-state index in [-0.39, 0.29) is 30.8 Å². The number of hydrogen-bond acceptors (Lipinski definition) is 4. The van der Waals surface area contributed by atoms with Crippen molar-refractivity contribution in [3.05, 3.63) is 95.7 Å². The molecule has 1 unspecified atom stereocenters. The van der Waals surface area contributed by atoms with Crippen molar-refractivity contribution in [2.24, 2.45) is 0 Å².